The minimum absolute atomic E-state index is 0.361. The Bertz CT molecular complexity index is 754. The zero-order chi connectivity index (χ0) is 19.6. The van der Waals surface area contributed by atoms with Gasteiger partial charge in [-0.3, -0.25) is 9.11 Å². The molecule has 0 radical (unpaired) electrons. The first-order chi connectivity index (χ1) is 12.2. The molecule has 0 amide bonds. The smallest absolute Gasteiger partial charge is 0.282 e. The average Bonchev–Trinajstić information content (AvgIpc) is 2.54. The van der Waals surface area contributed by atoms with E-state index in [9.17, 15) is 21.4 Å². The van der Waals surface area contributed by atoms with E-state index in [1.165, 1.54) is 44.6 Å². The molecule has 0 fully saturated rings. The van der Waals surface area contributed by atoms with Crippen LogP contribution in [-0.4, -0.2) is 25.9 Å². The summed E-state index contributed by atoms with van der Waals surface area (Å²) in [5.41, 5.74) is 0.361. The molecule has 2 N–H and O–H groups in total. The highest BCUT2D eigenvalue weighted by atomic mass is 32.2. The van der Waals surface area contributed by atoms with E-state index in [1.807, 2.05) is 0 Å². The summed E-state index contributed by atoms with van der Waals surface area (Å²) in [5.74, 6) is 0. The molecule has 0 saturated carbocycles. The van der Waals surface area contributed by atoms with E-state index in [0.29, 0.717) is 12.0 Å². The molecule has 1 aromatic rings. The van der Waals surface area contributed by atoms with Gasteiger partial charge in [-0.2, -0.15) is 16.8 Å². The zero-order valence-electron chi connectivity index (χ0n) is 15.4. The lowest BCUT2D eigenvalue weighted by molar-refractivity contribution is 0.479. The largest absolute Gasteiger partial charge is 0.294 e. The van der Waals surface area contributed by atoms with Crippen molar-refractivity contribution < 1.29 is 25.9 Å². The number of unbranched alkanes of at least 4 members (excludes halogenated alkanes) is 9. The highest BCUT2D eigenvalue weighted by Gasteiger charge is 2.20. The molecule has 0 aliphatic heterocycles. The first kappa shape index (κ1) is 23.1. The Morgan fingerprint density at radius 1 is 0.731 bits per heavy atom. The van der Waals surface area contributed by atoms with Crippen LogP contribution < -0.4 is 0 Å². The Labute approximate surface area is 157 Å². The molecule has 1 aromatic carbocycles. The van der Waals surface area contributed by atoms with Crippen LogP contribution in [0.2, 0.25) is 0 Å². The van der Waals surface area contributed by atoms with Crippen molar-refractivity contribution in [2.75, 3.05) is 0 Å². The van der Waals surface area contributed by atoms with Crippen LogP contribution in [0, 0.1) is 0 Å². The van der Waals surface area contributed by atoms with Crippen molar-refractivity contribution in [2.24, 2.45) is 0 Å². The fourth-order valence-corrected chi connectivity index (χ4v) is 4.30. The van der Waals surface area contributed by atoms with Crippen molar-refractivity contribution in [1.29, 1.82) is 0 Å². The van der Waals surface area contributed by atoms with Gasteiger partial charge in [0, 0.05) is 0 Å². The lowest BCUT2D eigenvalue weighted by atomic mass is 10.0. The molecule has 1 rings (SSSR count). The molecule has 0 atom stereocenters. The van der Waals surface area contributed by atoms with Crippen LogP contribution in [0.15, 0.2) is 28.0 Å². The second kappa shape index (κ2) is 11.0. The van der Waals surface area contributed by atoms with E-state index in [4.69, 9.17) is 4.55 Å². The number of benzene rings is 1. The first-order valence-electron chi connectivity index (χ1n) is 9.24. The molecule has 0 aliphatic carbocycles. The fraction of sp³-hybridized carbons (Fsp3) is 0.667. The van der Waals surface area contributed by atoms with Crippen LogP contribution in [0.25, 0.3) is 0 Å². The molecule has 150 valence electrons. The molecule has 0 spiro atoms. The summed E-state index contributed by atoms with van der Waals surface area (Å²) in [6.45, 7) is 2.20. The van der Waals surface area contributed by atoms with Crippen LogP contribution in [0.4, 0.5) is 0 Å². The Balaban J connectivity index is 2.48. The van der Waals surface area contributed by atoms with E-state index in [-0.39, 0.29) is 0 Å². The Kier molecular flexibility index (Phi) is 9.78. The van der Waals surface area contributed by atoms with E-state index in [1.54, 1.807) is 0 Å². The van der Waals surface area contributed by atoms with E-state index in [2.05, 4.69) is 6.92 Å². The van der Waals surface area contributed by atoms with Crippen LogP contribution in [0.1, 0.15) is 76.7 Å². The molecule has 0 aliphatic rings. The summed E-state index contributed by atoms with van der Waals surface area (Å²) < 4.78 is 63.6. The van der Waals surface area contributed by atoms with Crippen LogP contribution in [0.5, 0.6) is 0 Å². The van der Waals surface area contributed by atoms with Gasteiger partial charge in [-0.15, -0.1) is 0 Å². The highest BCUT2D eigenvalue weighted by Crippen LogP contribution is 2.23. The quantitative estimate of drug-likeness (QED) is 0.365. The van der Waals surface area contributed by atoms with Crippen LogP contribution in [0.3, 0.4) is 0 Å². The summed E-state index contributed by atoms with van der Waals surface area (Å²) in [6.07, 6.45) is 11.9. The molecule has 0 bridgehead atoms. The monoisotopic (exact) mass is 406 g/mol. The maximum Gasteiger partial charge on any atom is 0.294 e. The second-order valence-electron chi connectivity index (χ2n) is 6.65. The number of hydrogen-bond donors (Lipinski definition) is 2. The van der Waals surface area contributed by atoms with Crippen molar-refractivity contribution in [3.05, 3.63) is 23.8 Å². The number of aryl methyl sites for hydroxylation is 1. The SMILES string of the molecule is CCCCCCCCCCCCc1ccc(S(=O)(=O)O)cc1S(=O)(=O)O. The Hall–Kier alpha value is -0.960. The van der Waals surface area contributed by atoms with Crippen molar-refractivity contribution in [3.8, 4) is 0 Å². The van der Waals surface area contributed by atoms with Gasteiger partial charge in [0.2, 0.25) is 0 Å². The molecular weight excluding hydrogens is 376 g/mol. The van der Waals surface area contributed by atoms with E-state index >= 15 is 0 Å². The summed E-state index contributed by atoms with van der Waals surface area (Å²) >= 11 is 0. The summed E-state index contributed by atoms with van der Waals surface area (Å²) in [4.78, 5) is -1.000. The van der Waals surface area contributed by atoms with E-state index in [0.717, 1.165) is 37.8 Å². The van der Waals surface area contributed by atoms with Gasteiger partial charge in [0.15, 0.2) is 0 Å². The van der Waals surface area contributed by atoms with Gasteiger partial charge in [-0.25, -0.2) is 0 Å². The lowest BCUT2D eigenvalue weighted by Gasteiger charge is -2.09. The molecule has 0 unspecified atom stereocenters. The summed E-state index contributed by atoms with van der Waals surface area (Å²) in [7, 11) is -9.08. The molecular formula is C18H30O6S2. The molecule has 0 heterocycles. The molecule has 0 saturated heterocycles. The van der Waals surface area contributed by atoms with Crippen LogP contribution >= 0.6 is 0 Å². The van der Waals surface area contributed by atoms with Crippen molar-refractivity contribution in [2.45, 2.75) is 87.3 Å². The fourth-order valence-electron chi connectivity index (χ4n) is 2.94. The van der Waals surface area contributed by atoms with Gasteiger partial charge in [0.25, 0.3) is 20.2 Å². The standard InChI is InChI=1S/C18H30O6S2/c1-2-3-4-5-6-7-8-9-10-11-12-16-13-14-17(25(19,20)21)15-18(16)26(22,23)24/h13-15H,2-12H2,1H3,(H,19,20,21)(H,22,23,24). The molecule has 0 aromatic heterocycles. The molecule has 8 heteroatoms. The third kappa shape index (κ3) is 8.62. The predicted octanol–water partition coefficient (Wildman–Crippen LogP) is 4.64. The summed E-state index contributed by atoms with van der Waals surface area (Å²) in [6, 6.07) is 3.28. The first-order valence-corrected chi connectivity index (χ1v) is 12.1. The van der Waals surface area contributed by atoms with Gasteiger partial charge in [0.05, 0.1) is 9.79 Å². The van der Waals surface area contributed by atoms with Crippen molar-refractivity contribution >= 4 is 20.2 Å². The molecule has 6 nitrogen and oxygen atoms in total. The topological polar surface area (TPSA) is 109 Å². The van der Waals surface area contributed by atoms with Gasteiger partial charge < -0.3 is 0 Å². The van der Waals surface area contributed by atoms with Crippen molar-refractivity contribution in [3.63, 3.8) is 0 Å². The number of hydrogen-bond acceptors (Lipinski definition) is 4. The number of rotatable bonds is 13. The predicted molar refractivity (Wildman–Crippen MR) is 102 cm³/mol. The third-order valence-corrected chi connectivity index (χ3v) is 6.20. The minimum atomic E-state index is -4.55. The van der Waals surface area contributed by atoms with Gasteiger partial charge in [0.1, 0.15) is 0 Å². The van der Waals surface area contributed by atoms with E-state index < -0.39 is 30.0 Å². The third-order valence-electron chi connectivity index (χ3n) is 4.41. The van der Waals surface area contributed by atoms with Gasteiger partial charge in [-0.1, -0.05) is 70.8 Å². The maximum absolute atomic E-state index is 11.5. The lowest BCUT2D eigenvalue weighted by Crippen LogP contribution is -2.07. The molecule has 26 heavy (non-hydrogen) atoms. The normalized spacial score (nSPS) is 12.4. The summed E-state index contributed by atoms with van der Waals surface area (Å²) in [5, 5.41) is 0. The van der Waals surface area contributed by atoms with Crippen LogP contribution in [-0.2, 0) is 26.7 Å². The second-order valence-corrected chi connectivity index (χ2v) is 9.46. The Morgan fingerprint density at radius 2 is 1.23 bits per heavy atom. The maximum atomic E-state index is 11.5. The minimum Gasteiger partial charge on any atom is -0.282 e. The highest BCUT2D eigenvalue weighted by molar-refractivity contribution is 7.86. The Morgan fingerprint density at radius 3 is 1.69 bits per heavy atom. The van der Waals surface area contributed by atoms with Gasteiger partial charge in [-0.05, 0) is 30.5 Å². The van der Waals surface area contributed by atoms with Crippen molar-refractivity contribution in [1.82, 2.24) is 0 Å². The average molecular weight is 407 g/mol. The van der Waals surface area contributed by atoms with Gasteiger partial charge >= 0.3 is 0 Å². The zero-order valence-corrected chi connectivity index (χ0v) is 17.0.